The predicted octanol–water partition coefficient (Wildman–Crippen LogP) is 4.16. The molecule has 1 aliphatic heterocycles. The molecule has 1 fully saturated rings. The van der Waals surface area contributed by atoms with Crippen LogP contribution in [0.25, 0.3) is 6.08 Å². The van der Waals surface area contributed by atoms with E-state index >= 15 is 0 Å². The van der Waals surface area contributed by atoms with Gasteiger partial charge in [-0.3, -0.25) is 0 Å². The van der Waals surface area contributed by atoms with Crippen LogP contribution in [0.4, 0.5) is 0 Å². The molecule has 4 rings (SSSR count). The van der Waals surface area contributed by atoms with Gasteiger partial charge in [-0.05, 0) is 31.4 Å². The maximum absolute atomic E-state index is 12.7. The van der Waals surface area contributed by atoms with Crippen molar-refractivity contribution in [3.63, 3.8) is 0 Å². The molecular weight excluding hydrogens is 356 g/mol. The largest absolute Gasteiger partial charge is 0.385 e. The first-order chi connectivity index (χ1) is 12.8. The third-order valence-electron chi connectivity index (χ3n) is 5.88. The zero-order chi connectivity index (χ0) is 19.2. The predicted molar refractivity (Wildman–Crippen MR) is 109 cm³/mol. The van der Waals surface area contributed by atoms with Gasteiger partial charge in [0.2, 0.25) is 0 Å². The number of aryl methyl sites for hydroxylation is 2. The van der Waals surface area contributed by atoms with E-state index in [9.17, 15) is 13.5 Å². The summed E-state index contributed by atoms with van der Waals surface area (Å²) in [4.78, 5) is 0. The molecule has 2 aromatic rings. The molecule has 4 atom stereocenters. The van der Waals surface area contributed by atoms with E-state index in [0.29, 0.717) is 6.42 Å². The maximum atomic E-state index is 12.7. The Hall–Kier alpha value is -2.17. The molecule has 0 amide bonds. The van der Waals surface area contributed by atoms with Crippen LogP contribution in [0.2, 0.25) is 0 Å². The fraction of sp³-hybridized carbons (Fsp3) is 0.304. The summed E-state index contributed by atoms with van der Waals surface area (Å²) in [6, 6.07) is 16.0. The molecule has 0 radical (unpaired) electrons. The molecule has 0 aromatic heterocycles. The van der Waals surface area contributed by atoms with Gasteiger partial charge in [0.1, 0.15) is 0 Å². The number of sulfone groups is 1. The van der Waals surface area contributed by atoms with Crippen LogP contribution >= 0.6 is 0 Å². The van der Waals surface area contributed by atoms with E-state index in [-0.39, 0.29) is 5.92 Å². The number of benzene rings is 2. The lowest BCUT2D eigenvalue weighted by atomic mass is 9.89. The van der Waals surface area contributed by atoms with Gasteiger partial charge in [-0.2, -0.15) is 0 Å². The van der Waals surface area contributed by atoms with Crippen molar-refractivity contribution in [1.29, 1.82) is 0 Å². The molecule has 0 spiro atoms. The van der Waals surface area contributed by atoms with Gasteiger partial charge in [-0.1, -0.05) is 77.9 Å². The van der Waals surface area contributed by atoms with Crippen LogP contribution in [0.1, 0.15) is 34.6 Å². The lowest BCUT2D eigenvalue weighted by Crippen LogP contribution is -2.33. The minimum Gasteiger partial charge on any atom is -0.385 e. The quantitative estimate of drug-likeness (QED) is 0.870. The Morgan fingerprint density at radius 1 is 1.00 bits per heavy atom. The molecule has 0 unspecified atom stereocenters. The Labute approximate surface area is 161 Å². The molecule has 1 N–H and O–H groups in total. The van der Waals surface area contributed by atoms with E-state index in [1.807, 2.05) is 68.5 Å². The van der Waals surface area contributed by atoms with Gasteiger partial charge in [0.05, 0.1) is 10.9 Å². The lowest BCUT2D eigenvalue weighted by molar-refractivity contribution is 0.0705. The van der Waals surface area contributed by atoms with Crippen molar-refractivity contribution in [3.05, 3.63) is 88.3 Å². The van der Waals surface area contributed by atoms with Crippen LogP contribution in [-0.2, 0) is 9.84 Å². The summed E-state index contributed by atoms with van der Waals surface area (Å²) in [6.07, 6.45) is 5.76. The molecule has 1 aliphatic carbocycles. The van der Waals surface area contributed by atoms with Crippen LogP contribution in [0.15, 0.2) is 66.1 Å². The fourth-order valence-electron chi connectivity index (χ4n) is 4.35. The minimum atomic E-state index is -3.37. The highest BCUT2D eigenvalue weighted by atomic mass is 32.2. The third kappa shape index (κ3) is 3.28. The normalized spacial score (nSPS) is 31.4. The van der Waals surface area contributed by atoms with Crippen molar-refractivity contribution >= 4 is 15.9 Å². The fourth-order valence-corrected chi connectivity index (χ4v) is 6.37. The van der Waals surface area contributed by atoms with Crippen molar-refractivity contribution in [1.82, 2.24) is 0 Å². The Morgan fingerprint density at radius 3 is 2.22 bits per heavy atom. The Balaban J connectivity index is 1.70. The number of hydrogen-bond donors (Lipinski definition) is 1. The Kier molecular flexibility index (Phi) is 4.36. The highest BCUT2D eigenvalue weighted by Gasteiger charge is 2.57. The van der Waals surface area contributed by atoms with Gasteiger partial charge in [0.15, 0.2) is 9.84 Å². The van der Waals surface area contributed by atoms with Crippen molar-refractivity contribution < 1.29 is 13.5 Å². The molecular formula is C23H24O3S. The zero-order valence-corrected chi connectivity index (χ0v) is 16.4. The topological polar surface area (TPSA) is 54.4 Å². The average molecular weight is 381 g/mol. The molecule has 1 heterocycles. The number of hydrogen-bond acceptors (Lipinski definition) is 3. The number of aliphatic hydroxyl groups is 1. The second-order valence-electron chi connectivity index (χ2n) is 7.86. The summed E-state index contributed by atoms with van der Waals surface area (Å²) in [5.41, 5.74) is 3.11. The molecule has 0 saturated heterocycles. The zero-order valence-electron chi connectivity index (χ0n) is 15.5. The summed E-state index contributed by atoms with van der Waals surface area (Å²) >= 11 is 0. The van der Waals surface area contributed by atoms with Crippen molar-refractivity contribution in [2.75, 3.05) is 0 Å². The second-order valence-corrected chi connectivity index (χ2v) is 9.86. The molecule has 27 heavy (non-hydrogen) atoms. The van der Waals surface area contributed by atoms with Crippen LogP contribution in [0.3, 0.4) is 0 Å². The molecule has 0 bridgehead atoms. The van der Waals surface area contributed by atoms with Crippen LogP contribution in [0.5, 0.6) is 0 Å². The van der Waals surface area contributed by atoms with Crippen LogP contribution in [0, 0.1) is 19.8 Å². The van der Waals surface area contributed by atoms with E-state index in [1.54, 1.807) is 12.2 Å². The second kappa shape index (κ2) is 6.47. The van der Waals surface area contributed by atoms with Gasteiger partial charge >= 0.3 is 0 Å². The van der Waals surface area contributed by atoms with E-state index in [0.717, 1.165) is 16.7 Å². The highest BCUT2D eigenvalue weighted by molar-refractivity contribution is 7.95. The molecule has 1 saturated carbocycles. The van der Waals surface area contributed by atoms with Gasteiger partial charge < -0.3 is 5.11 Å². The molecule has 140 valence electrons. The van der Waals surface area contributed by atoms with Gasteiger partial charge in [0, 0.05) is 17.2 Å². The third-order valence-corrected chi connectivity index (χ3v) is 7.79. The summed E-state index contributed by atoms with van der Waals surface area (Å²) in [5, 5.41) is 12.1. The van der Waals surface area contributed by atoms with E-state index in [4.69, 9.17) is 0 Å². The first-order valence-corrected chi connectivity index (χ1v) is 10.9. The minimum absolute atomic E-state index is 0.219. The average Bonchev–Trinajstić information content (AvgIpc) is 3.12. The summed E-state index contributed by atoms with van der Waals surface area (Å²) < 4.78 is 25.3. The lowest BCUT2D eigenvalue weighted by Gasteiger charge is -2.24. The summed E-state index contributed by atoms with van der Waals surface area (Å²) in [6.45, 7) is 4.04. The summed E-state index contributed by atoms with van der Waals surface area (Å²) in [5.74, 6) is -0.640. The van der Waals surface area contributed by atoms with Gasteiger partial charge in [-0.15, -0.1) is 0 Å². The van der Waals surface area contributed by atoms with Crippen LogP contribution in [-0.4, -0.2) is 24.4 Å². The molecule has 4 heteroatoms. The van der Waals surface area contributed by atoms with E-state index in [2.05, 4.69) is 0 Å². The van der Waals surface area contributed by atoms with E-state index < -0.39 is 26.6 Å². The SMILES string of the molecule is Cc1ccc(/C=C/[C@@]2(O)C[C@@H](c3ccc(C)cc3)[C@H]3[C@@H]2C=CS3(=O)=O)cc1. The molecule has 2 aliphatic rings. The van der Waals surface area contributed by atoms with Gasteiger partial charge in [0.25, 0.3) is 0 Å². The number of rotatable bonds is 3. The standard InChI is InChI=1S/C23H24O3S/c1-16-3-7-18(8-4-16)11-13-23(24)15-20(19-9-5-17(2)6-10-19)22-21(23)12-14-27(22,25)26/h3-14,20-22,24H,15H2,1-2H3/b13-11+/t20-,21-,22-,23+/m0/s1. The Bertz CT molecular complexity index is 1000. The van der Waals surface area contributed by atoms with E-state index in [1.165, 1.54) is 11.0 Å². The maximum Gasteiger partial charge on any atom is 0.175 e. The summed E-state index contributed by atoms with van der Waals surface area (Å²) in [7, 11) is -3.37. The Morgan fingerprint density at radius 2 is 1.59 bits per heavy atom. The smallest absolute Gasteiger partial charge is 0.175 e. The molecule has 3 nitrogen and oxygen atoms in total. The number of fused-ring (bicyclic) bond motifs is 1. The first kappa shape index (κ1) is 18.2. The van der Waals surface area contributed by atoms with Gasteiger partial charge in [-0.25, -0.2) is 8.42 Å². The highest BCUT2D eigenvalue weighted by Crippen LogP contribution is 2.53. The van der Waals surface area contributed by atoms with Crippen LogP contribution < -0.4 is 0 Å². The van der Waals surface area contributed by atoms with Crippen molar-refractivity contribution in [3.8, 4) is 0 Å². The first-order valence-electron chi connectivity index (χ1n) is 9.25. The molecule has 2 aromatic carbocycles. The monoisotopic (exact) mass is 380 g/mol. The van der Waals surface area contributed by atoms with Crippen molar-refractivity contribution in [2.45, 2.75) is 37.0 Å². The van der Waals surface area contributed by atoms with Crippen molar-refractivity contribution in [2.24, 2.45) is 5.92 Å².